The summed E-state index contributed by atoms with van der Waals surface area (Å²) in [5, 5.41) is 13.1. The number of rotatable bonds is 4. The molecule has 0 spiro atoms. The number of benzene rings is 1. The quantitative estimate of drug-likeness (QED) is 0.698. The van der Waals surface area contributed by atoms with E-state index in [1.165, 1.54) is 0 Å². The van der Waals surface area contributed by atoms with Gasteiger partial charge in [0.1, 0.15) is 5.75 Å². The maximum atomic E-state index is 9.73. The first-order chi connectivity index (χ1) is 8.20. The summed E-state index contributed by atoms with van der Waals surface area (Å²) in [4.78, 5) is 0. The fraction of sp³-hybridized carbons (Fsp3) is 0.538. The van der Waals surface area contributed by atoms with Gasteiger partial charge in [-0.2, -0.15) is 0 Å². The van der Waals surface area contributed by atoms with Crippen LogP contribution in [0.2, 0.25) is 0 Å². The van der Waals surface area contributed by atoms with Crippen LogP contribution >= 0.6 is 0 Å². The summed E-state index contributed by atoms with van der Waals surface area (Å²) in [7, 11) is 1.61. The number of aliphatic hydroxyl groups is 1. The lowest BCUT2D eigenvalue weighted by Crippen LogP contribution is -2.21. The smallest absolute Gasteiger partial charge is 0.143 e. The average molecular weight is 236 g/mol. The van der Waals surface area contributed by atoms with Crippen LogP contribution < -0.4 is 15.8 Å². The number of hydrogen-bond donors (Lipinski definition) is 3. The highest BCUT2D eigenvalue weighted by Crippen LogP contribution is 2.28. The zero-order valence-electron chi connectivity index (χ0n) is 10.1. The Morgan fingerprint density at radius 3 is 2.94 bits per heavy atom. The Morgan fingerprint density at radius 1 is 1.47 bits per heavy atom. The third-order valence-electron chi connectivity index (χ3n) is 3.42. The zero-order chi connectivity index (χ0) is 12.3. The van der Waals surface area contributed by atoms with Crippen LogP contribution in [0.15, 0.2) is 18.2 Å². The molecule has 4 heteroatoms. The van der Waals surface area contributed by atoms with Crippen LogP contribution in [0, 0.1) is 5.92 Å². The fourth-order valence-corrected chi connectivity index (χ4v) is 2.33. The summed E-state index contributed by atoms with van der Waals surface area (Å²) >= 11 is 0. The van der Waals surface area contributed by atoms with E-state index < -0.39 is 0 Å². The summed E-state index contributed by atoms with van der Waals surface area (Å²) in [5.74, 6) is 1.04. The van der Waals surface area contributed by atoms with E-state index in [0.717, 1.165) is 31.5 Å². The molecule has 1 aliphatic carbocycles. The molecule has 94 valence electrons. The average Bonchev–Trinajstić information content (AvgIpc) is 2.74. The Hall–Kier alpha value is -1.42. The summed E-state index contributed by atoms with van der Waals surface area (Å²) in [5.41, 5.74) is 7.37. The number of ether oxygens (including phenoxy) is 1. The van der Waals surface area contributed by atoms with E-state index >= 15 is 0 Å². The minimum absolute atomic E-state index is 0.154. The van der Waals surface area contributed by atoms with Gasteiger partial charge in [-0.15, -0.1) is 0 Å². The van der Waals surface area contributed by atoms with Gasteiger partial charge in [0.05, 0.1) is 18.9 Å². The fourth-order valence-electron chi connectivity index (χ4n) is 2.33. The molecule has 1 aromatic carbocycles. The van der Waals surface area contributed by atoms with Gasteiger partial charge in [0.15, 0.2) is 0 Å². The number of nitrogen functional groups attached to an aromatic ring is 1. The van der Waals surface area contributed by atoms with Crippen LogP contribution in [0.3, 0.4) is 0 Å². The molecule has 2 atom stereocenters. The van der Waals surface area contributed by atoms with E-state index in [-0.39, 0.29) is 6.10 Å². The van der Waals surface area contributed by atoms with E-state index in [0.29, 0.717) is 17.4 Å². The molecule has 1 aromatic rings. The number of aliphatic hydroxyl groups excluding tert-OH is 1. The lowest BCUT2D eigenvalue weighted by molar-refractivity contribution is 0.138. The summed E-state index contributed by atoms with van der Waals surface area (Å²) in [6, 6.07) is 5.64. The number of methoxy groups -OCH3 is 1. The van der Waals surface area contributed by atoms with Gasteiger partial charge in [-0.05, 0) is 25.0 Å². The maximum absolute atomic E-state index is 9.73. The van der Waals surface area contributed by atoms with E-state index in [1.54, 1.807) is 7.11 Å². The molecule has 4 N–H and O–H groups in total. The molecule has 0 amide bonds. The Balaban J connectivity index is 1.94. The van der Waals surface area contributed by atoms with Crippen LogP contribution in [0.25, 0.3) is 0 Å². The summed E-state index contributed by atoms with van der Waals surface area (Å²) < 4.78 is 5.16. The lowest BCUT2D eigenvalue weighted by Gasteiger charge is -2.16. The monoisotopic (exact) mass is 236 g/mol. The topological polar surface area (TPSA) is 67.5 Å². The van der Waals surface area contributed by atoms with E-state index in [9.17, 15) is 5.11 Å². The van der Waals surface area contributed by atoms with Gasteiger partial charge in [-0.3, -0.25) is 0 Å². The lowest BCUT2D eigenvalue weighted by atomic mass is 10.1. The molecular weight excluding hydrogens is 216 g/mol. The van der Waals surface area contributed by atoms with Gasteiger partial charge < -0.3 is 20.9 Å². The SMILES string of the molecule is COc1cc(NCC2CCCC2O)ccc1N. The van der Waals surface area contributed by atoms with Crippen molar-refractivity contribution in [1.82, 2.24) is 0 Å². The van der Waals surface area contributed by atoms with Crippen LogP contribution in [0.1, 0.15) is 19.3 Å². The molecule has 2 rings (SSSR count). The molecule has 0 bridgehead atoms. The third-order valence-corrected chi connectivity index (χ3v) is 3.42. The van der Waals surface area contributed by atoms with Crippen molar-refractivity contribution in [3.05, 3.63) is 18.2 Å². The first kappa shape index (κ1) is 12.0. The van der Waals surface area contributed by atoms with Crippen molar-refractivity contribution in [3.63, 3.8) is 0 Å². The minimum Gasteiger partial charge on any atom is -0.495 e. The van der Waals surface area contributed by atoms with Crippen LogP contribution in [0.5, 0.6) is 5.75 Å². The Bertz CT molecular complexity index is 382. The van der Waals surface area contributed by atoms with Gasteiger partial charge in [0.2, 0.25) is 0 Å². The molecular formula is C13H20N2O2. The van der Waals surface area contributed by atoms with Gasteiger partial charge in [0.25, 0.3) is 0 Å². The van der Waals surface area contributed by atoms with Crippen molar-refractivity contribution in [2.45, 2.75) is 25.4 Å². The summed E-state index contributed by atoms with van der Waals surface area (Å²) in [6.45, 7) is 0.800. The van der Waals surface area contributed by atoms with Gasteiger partial charge in [-0.25, -0.2) is 0 Å². The highest BCUT2D eigenvalue weighted by atomic mass is 16.5. The number of nitrogens with two attached hydrogens (primary N) is 1. The Morgan fingerprint density at radius 2 is 2.29 bits per heavy atom. The van der Waals surface area contributed by atoms with Crippen LogP contribution in [-0.4, -0.2) is 24.9 Å². The molecule has 1 aliphatic rings. The Kier molecular flexibility index (Phi) is 3.74. The second kappa shape index (κ2) is 5.27. The molecule has 0 saturated heterocycles. The molecule has 4 nitrogen and oxygen atoms in total. The van der Waals surface area contributed by atoms with E-state index in [4.69, 9.17) is 10.5 Å². The predicted octanol–water partition coefficient (Wildman–Crippen LogP) is 1.85. The van der Waals surface area contributed by atoms with Gasteiger partial charge in [0, 0.05) is 24.2 Å². The molecule has 0 heterocycles. The molecule has 1 saturated carbocycles. The van der Waals surface area contributed by atoms with E-state index in [2.05, 4.69) is 5.32 Å². The molecule has 0 aliphatic heterocycles. The van der Waals surface area contributed by atoms with Crippen LogP contribution in [0.4, 0.5) is 11.4 Å². The number of anilines is 2. The predicted molar refractivity (Wildman–Crippen MR) is 69.2 cm³/mol. The van der Waals surface area contributed by atoms with Crippen molar-refractivity contribution in [1.29, 1.82) is 0 Å². The maximum Gasteiger partial charge on any atom is 0.143 e. The summed E-state index contributed by atoms with van der Waals surface area (Å²) in [6.07, 6.45) is 2.99. The third kappa shape index (κ3) is 2.82. The molecule has 2 unspecified atom stereocenters. The normalized spacial score (nSPS) is 23.6. The second-order valence-corrected chi connectivity index (χ2v) is 4.60. The highest BCUT2D eigenvalue weighted by molar-refractivity contribution is 5.61. The molecule has 0 aromatic heterocycles. The number of nitrogens with one attached hydrogen (secondary N) is 1. The van der Waals surface area contributed by atoms with Gasteiger partial charge in [-0.1, -0.05) is 6.42 Å². The molecule has 17 heavy (non-hydrogen) atoms. The van der Waals surface area contributed by atoms with Crippen molar-refractivity contribution in [2.24, 2.45) is 5.92 Å². The van der Waals surface area contributed by atoms with E-state index in [1.807, 2.05) is 18.2 Å². The number of hydrogen-bond acceptors (Lipinski definition) is 4. The molecule has 0 radical (unpaired) electrons. The van der Waals surface area contributed by atoms with Crippen molar-refractivity contribution >= 4 is 11.4 Å². The first-order valence-electron chi connectivity index (χ1n) is 6.06. The molecule has 1 fully saturated rings. The zero-order valence-corrected chi connectivity index (χ0v) is 10.1. The van der Waals surface area contributed by atoms with Crippen molar-refractivity contribution < 1.29 is 9.84 Å². The Labute approximate surface area is 102 Å². The van der Waals surface area contributed by atoms with Crippen LogP contribution in [-0.2, 0) is 0 Å². The van der Waals surface area contributed by atoms with Crippen molar-refractivity contribution in [2.75, 3.05) is 24.7 Å². The standard InChI is InChI=1S/C13H20N2O2/c1-17-13-7-10(5-6-11(13)14)15-8-9-3-2-4-12(9)16/h5-7,9,12,15-16H,2-4,8,14H2,1H3. The highest BCUT2D eigenvalue weighted by Gasteiger charge is 2.24. The van der Waals surface area contributed by atoms with Gasteiger partial charge >= 0.3 is 0 Å². The first-order valence-corrected chi connectivity index (χ1v) is 6.06. The minimum atomic E-state index is -0.154. The largest absolute Gasteiger partial charge is 0.495 e. The second-order valence-electron chi connectivity index (χ2n) is 4.60. The van der Waals surface area contributed by atoms with Crippen molar-refractivity contribution in [3.8, 4) is 5.75 Å².